The average molecular weight is 446 g/mol. The van der Waals surface area contributed by atoms with Crippen LogP contribution >= 0.6 is 0 Å². The zero-order valence-corrected chi connectivity index (χ0v) is 17.1. The van der Waals surface area contributed by atoms with Crippen molar-refractivity contribution in [3.05, 3.63) is 34.4 Å². The van der Waals surface area contributed by atoms with E-state index in [1.54, 1.807) is 0 Å². The second-order valence-electron chi connectivity index (χ2n) is 6.01. The Morgan fingerprint density at radius 3 is 2.40 bits per heavy atom. The number of hydrogen-bond acceptors (Lipinski definition) is 9. The Kier molecular flexibility index (Phi) is 8.19. The number of non-ortho nitro benzene ring substituents is 1. The number of nitro benzene ring substituents is 1. The van der Waals surface area contributed by atoms with Gasteiger partial charge in [-0.15, -0.1) is 0 Å². The average Bonchev–Trinajstić information content (AvgIpc) is 3.22. The fraction of sp³-hybridized carbons (Fsp3) is 0.500. The van der Waals surface area contributed by atoms with Gasteiger partial charge in [-0.3, -0.25) is 19.7 Å². The van der Waals surface area contributed by atoms with Crippen LogP contribution in [0.3, 0.4) is 0 Å². The third-order valence-corrected chi connectivity index (χ3v) is 6.10. The number of sulfonamides is 1. The minimum Gasteiger partial charge on any atom is -0.359 e. The van der Waals surface area contributed by atoms with E-state index in [1.807, 2.05) is 0 Å². The summed E-state index contributed by atoms with van der Waals surface area (Å²) < 4.78 is 41.7. The van der Waals surface area contributed by atoms with E-state index in [0.29, 0.717) is 0 Å². The molecule has 1 fully saturated rings. The predicted molar refractivity (Wildman–Crippen MR) is 101 cm³/mol. The minimum absolute atomic E-state index is 0.0232. The molecule has 2 amide bonds. The highest BCUT2D eigenvalue weighted by Gasteiger charge is 2.37. The first-order valence-corrected chi connectivity index (χ1v) is 10.1. The zero-order valence-electron chi connectivity index (χ0n) is 16.3. The summed E-state index contributed by atoms with van der Waals surface area (Å²) in [6.45, 7) is -0.214. The van der Waals surface area contributed by atoms with Crippen molar-refractivity contribution in [2.24, 2.45) is 0 Å². The smallest absolute Gasteiger partial charge is 0.309 e. The molecule has 1 aliphatic rings. The van der Waals surface area contributed by atoms with E-state index in [1.165, 1.54) is 14.2 Å². The normalized spacial score (nSPS) is 17.1. The van der Waals surface area contributed by atoms with Gasteiger partial charge >= 0.3 is 11.8 Å². The van der Waals surface area contributed by atoms with Gasteiger partial charge in [0.1, 0.15) is 6.23 Å². The molecule has 1 saturated heterocycles. The Morgan fingerprint density at radius 2 is 1.83 bits per heavy atom. The molecule has 13 nitrogen and oxygen atoms in total. The van der Waals surface area contributed by atoms with Crippen molar-refractivity contribution in [1.82, 2.24) is 14.9 Å². The summed E-state index contributed by atoms with van der Waals surface area (Å²) in [6.07, 6.45) is -1.75. The molecule has 2 N–H and O–H groups in total. The monoisotopic (exact) mass is 446 g/mol. The van der Waals surface area contributed by atoms with Gasteiger partial charge in [0.25, 0.3) is 5.69 Å². The molecular weight excluding hydrogens is 424 g/mol. The van der Waals surface area contributed by atoms with E-state index in [-0.39, 0.29) is 36.8 Å². The summed E-state index contributed by atoms with van der Waals surface area (Å²) >= 11 is 0. The maximum atomic E-state index is 12.8. The van der Waals surface area contributed by atoms with Crippen LogP contribution in [-0.4, -0.2) is 82.4 Å². The first-order valence-electron chi connectivity index (χ1n) is 8.70. The van der Waals surface area contributed by atoms with Crippen LogP contribution in [0, 0.1) is 10.1 Å². The molecule has 1 aromatic carbocycles. The van der Waals surface area contributed by atoms with Crippen LogP contribution in [0.1, 0.15) is 0 Å². The van der Waals surface area contributed by atoms with Gasteiger partial charge in [0.05, 0.1) is 29.5 Å². The molecule has 0 spiro atoms. The summed E-state index contributed by atoms with van der Waals surface area (Å²) in [6, 6.07) is 4.41. The number of benzene rings is 1. The van der Waals surface area contributed by atoms with Crippen molar-refractivity contribution in [3.63, 3.8) is 0 Å². The lowest BCUT2D eigenvalue weighted by Crippen LogP contribution is -2.48. The molecule has 166 valence electrons. The van der Waals surface area contributed by atoms with Crippen LogP contribution < -0.4 is 10.6 Å². The van der Waals surface area contributed by atoms with Gasteiger partial charge in [0.15, 0.2) is 6.29 Å². The van der Waals surface area contributed by atoms with E-state index in [0.717, 1.165) is 28.6 Å². The molecule has 1 unspecified atom stereocenters. The number of nitrogens with zero attached hydrogens (tertiary/aromatic N) is 2. The van der Waals surface area contributed by atoms with Gasteiger partial charge in [-0.2, -0.15) is 4.31 Å². The number of carbonyl (C=O) groups excluding carboxylic acids is 2. The van der Waals surface area contributed by atoms with Gasteiger partial charge in [0, 0.05) is 32.9 Å². The molecule has 14 heteroatoms. The van der Waals surface area contributed by atoms with Gasteiger partial charge in [-0.05, 0) is 12.1 Å². The Hall–Kier alpha value is -2.65. The number of methoxy groups -OCH3 is 2. The van der Waals surface area contributed by atoms with Crippen LogP contribution in [0.15, 0.2) is 29.2 Å². The highest BCUT2D eigenvalue weighted by molar-refractivity contribution is 7.89. The van der Waals surface area contributed by atoms with Gasteiger partial charge in [-0.1, -0.05) is 0 Å². The van der Waals surface area contributed by atoms with E-state index >= 15 is 0 Å². The van der Waals surface area contributed by atoms with E-state index < -0.39 is 39.3 Å². The van der Waals surface area contributed by atoms with Crippen molar-refractivity contribution < 1.29 is 37.1 Å². The summed E-state index contributed by atoms with van der Waals surface area (Å²) in [4.78, 5) is 33.7. The highest BCUT2D eigenvalue weighted by atomic mass is 32.2. The van der Waals surface area contributed by atoms with Crippen molar-refractivity contribution >= 4 is 27.5 Å². The molecule has 0 aromatic heterocycles. The summed E-state index contributed by atoms with van der Waals surface area (Å²) in [7, 11) is -1.28. The zero-order chi connectivity index (χ0) is 22.3. The van der Waals surface area contributed by atoms with Crippen LogP contribution in [0.4, 0.5) is 5.69 Å². The maximum absolute atomic E-state index is 12.8. The fourth-order valence-electron chi connectivity index (χ4n) is 2.60. The second-order valence-corrected chi connectivity index (χ2v) is 7.90. The summed E-state index contributed by atoms with van der Waals surface area (Å²) in [5, 5.41) is 15.4. The lowest BCUT2D eigenvalue weighted by molar-refractivity contribution is -0.384. The fourth-order valence-corrected chi connectivity index (χ4v) is 4.11. The Morgan fingerprint density at radius 1 is 1.23 bits per heavy atom. The topological polar surface area (TPSA) is 166 Å². The first kappa shape index (κ1) is 23.6. The molecule has 0 bridgehead atoms. The third kappa shape index (κ3) is 5.70. The molecule has 30 heavy (non-hydrogen) atoms. The quantitative estimate of drug-likeness (QED) is 0.205. The number of rotatable bonds is 9. The lowest BCUT2D eigenvalue weighted by Gasteiger charge is -2.22. The number of nitro groups is 1. The Labute approximate surface area is 172 Å². The number of amides is 2. The minimum atomic E-state index is -4.03. The molecule has 0 aliphatic carbocycles. The molecule has 1 aliphatic heterocycles. The van der Waals surface area contributed by atoms with Crippen molar-refractivity contribution in [2.45, 2.75) is 17.4 Å². The molecule has 1 heterocycles. The number of ether oxygens (including phenoxy) is 3. The van der Waals surface area contributed by atoms with Gasteiger partial charge < -0.3 is 24.8 Å². The molecule has 2 rings (SSSR count). The third-order valence-electron chi connectivity index (χ3n) is 4.20. The summed E-state index contributed by atoms with van der Waals surface area (Å²) in [5.74, 6) is -1.93. The highest BCUT2D eigenvalue weighted by Crippen LogP contribution is 2.23. The van der Waals surface area contributed by atoms with Crippen LogP contribution in [-0.2, 0) is 33.8 Å². The Balaban J connectivity index is 1.97. The van der Waals surface area contributed by atoms with Gasteiger partial charge in [-0.25, -0.2) is 8.42 Å². The van der Waals surface area contributed by atoms with Crippen molar-refractivity contribution in [1.29, 1.82) is 0 Å². The number of hydrogen-bond donors (Lipinski definition) is 2. The SMILES string of the molecule is COC(CNC(=O)C(=O)NCC1OCCN1S(=O)(=O)c1ccc([N+](=O)[O-])cc1)OC. The maximum Gasteiger partial charge on any atom is 0.309 e. The molecular formula is C16H22N4O9S. The van der Waals surface area contributed by atoms with Crippen LogP contribution in [0.2, 0.25) is 0 Å². The Bertz CT molecular complexity index is 871. The standard InChI is InChI=1S/C16H22N4O9S/c1-27-14(28-2)10-18-16(22)15(21)17-9-13-19(7-8-29-13)30(25,26)12-5-3-11(4-6-12)20(23)24/h3-6,13-14H,7-10H2,1-2H3,(H,17,21)(H,18,22). The van der Waals surface area contributed by atoms with Crippen LogP contribution in [0.25, 0.3) is 0 Å². The first-order chi connectivity index (χ1) is 14.2. The second kappa shape index (κ2) is 10.4. The molecule has 1 aromatic rings. The van der Waals surface area contributed by atoms with E-state index in [4.69, 9.17) is 14.2 Å². The lowest BCUT2D eigenvalue weighted by atomic mass is 10.3. The van der Waals surface area contributed by atoms with E-state index in [9.17, 15) is 28.1 Å². The van der Waals surface area contributed by atoms with E-state index in [2.05, 4.69) is 10.6 Å². The number of carbonyl (C=O) groups is 2. The molecule has 0 saturated carbocycles. The van der Waals surface area contributed by atoms with Gasteiger partial charge in [0.2, 0.25) is 10.0 Å². The van der Waals surface area contributed by atoms with Crippen molar-refractivity contribution in [2.75, 3.05) is 40.5 Å². The molecule has 1 atom stereocenters. The summed E-state index contributed by atoms with van der Waals surface area (Å²) in [5.41, 5.74) is -0.245. The largest absolute Gasteiger partial charge is 0.359 e. The molecule has 0 radical (unpaired) electrons. The predicted octanol–water partition coefficient (Wildman–Crippen LogP) is -1.21. The van der Waals surface area contributed by atoms with Crippen LogP contribution in [0.5, 0.6) is 0 Å². The van der Waals surface area contributed by atoms with Crippen molar-refractivity contribution in [3.8, 4) is 0 Å². The number of nitrogens with one attached hydrogen (secondary N) is 2.